The van der Waals surface area contributed by atoms with Crippen LogP contribution in [0.4, 0.5) is 0 Å². The second kappa shape index (κ2) is 15.0. The van der Waals surface area contributed by atoms with Gasteiger partial charge in [-0.05, 0) is 176 Å². The summed E-state index contributed by atoms with van der Waals surface area (Å²) in [5.74, 6) is 0. The Kier molecular flexibility index (Phi) is 8.75. The fraction of sp³-hybridized carbons (Fsp3) is 0.0323. The first-order chi connectivity index (χ1) is 30.7. The molecule has 0 atom stereocenters. The molecule has 0 spiro atoms. The Hall–Kier alpha value is -7.80. The molecule has 0 nitrogen and oxygen atoms in total. The summed E-state index contributed by atoms with van der Waals surface area (Å²) >= 11 is 0. The maximum absolute atomic E-state index is 2.43. The van der Waals surface area contributed by atoms with E-state index in [4.69, 9.17) is 0 Å². The highest BCUT2D eigenvalue weighted by Gasteiger charge is 2.16. The molecule has 0 heteroatoms. The minimum Gasteiger partial charge on any atom is -0.0836 e. The number of allylic oxidation sites excluding steroid dienone is 1. The molecule has 0 aliphatic heterocycles. The topological polar surface area (TPSA) is 0 Å². The van der Waals surface area contributed by atoms with Crippen molar-refractivity contribution in [1.82, 2.24) is 0 Å². The number of hydrogen-bond donors (Lipinski definition) is 0. The van der Waals surface area contributed by atoms with Crippen LogP contribution in [-0.4, -0.2) is 0 Å². The van der Waals surface area contributed by atoms with E-state index in [0.717, 1.165) is 12.8 Å². The van der Waals surface area contributed by atoms with E-state index in [1.165, 1.54) is 121 Å². The summed E-state index contributed by atoms with van der Waals surface area (Å²) < 4.78 is 0. The van der Waals surface area contributed by atoms with Gasteiger partial charge in [-0.1, -0.05) is 188 Å². The molecule has 0 fully saturated rings. The minimum absolute atomic E-state index is 1.08. The molecule has 0 saturated carbocycles. The Morgan fingerprint density at radius 1 is 0.274 bits per heavy atom. The Morgan fingerprint density at radius 2 is 0.823 bits per heavy atom. The Morgan fingerprint density at radius 3 is 1.63 bits per heavy atom. The van der Waals surface area contributed by atoms with Crippen molar-refractivity contribution in [2.45, 2.75) is 12.8 Å². The van der Waals surface area contributed by atoms with E-state index in [2.05, 4.69) is 231 Å². The molecule has 290 valence electrons. The van der Waals surface area contributed by atoms with Gasteiger partial charge in [0, 0.05) is 0 Å². The molecule has 0 unspecified atom stereocenters. The third-order valence-corrected chi connectivity index (χ3v) is 13.1. The molecule has 0 N–H and O–H groups in total. The van der Waals surface area contributed by atoms with E-state index in [9.17, 15) is 0 Å². The van der Waals surface area contributed by atoms with Crippen molar-refractivity contribution >= 4 is 49.2 Å². The lowest BCUT2D eigenvalue weighted by Crippen LogP contribution is -1.97. The zero-order valence-electron chi connectivity index (χ0n) is 34.4. The van der Waals surface area contributed by atoms with Gasteiger partial charge < -0.3 is 0 Å². The number of hydrogen-bond acceptors (Lipinski definition) is 0. The van der Waals surface area contributed by atoms with Crippen LogP contribution in [-0.2, 0) is 6.42 Å². The molecule has 0 saturated heterocycles. The first-order valence-electron chi connectivity index (χ1n) is 21.8. The molecule has 1 aliphatic rings. The summed E-state index contributed by atoms with van der Waals surface area (Å²) in [5.41, 5.74) is 17.7. The second-order valence-corrected chi connectivity index (χ2v) is 16.8. The average molecular weight is 787 g/mol. The fourth-order valence-electron chi connectivity index (χ4n) is 9.97. The van der Waals surface area contributed by atoms with E-state index in [0.29, 0.717) is 0 Å². The van der Waals surface area contributed by atoms with Gasteiger partial charge in [0.25, 0.3) is 0 Å². The summed E-state index contributed by atoms with van der Waals surface area (Å²) in [6, 6.07) is 81.3. The Balaban J connectivity index is 1.02. The molecule has 12 rings (SSSR count). The van der Waals surface area contributed by atoms with Gasteiger partial charge >= 0.3 is 0 Å². The summed E-state index contributed by atoms with van der Waals surface area (Å²) in [6.07, 6.45) is 6.74. The molecule has 0 radical (unpaired) electrons. The molecule has 0 amide bonds. The number of rotatable bonds is 6. The van der Waals surface area contributed by atoms with Crippen LogP contribution in [0.25, 0.3) is 116 Å². The van der Waals surface area contributed by atoms with Gasteiger partial charge in [-0.2, -0.15) is 0 Å². The lowest BCUT2D eigenvalue weighted by Gasteiger charge is -2.17. The highest BCUT2D eigenvalue weighted by Crippen LogP contribution is 2.42. The van der Waals surface area contributed by atoms with Crippen molar-refractivity contribution in [3.63, 3.8) is 0 Å². The van der Waals surface area contributed by atoms with E-state index >= 15 is 0 Å². The van der Waals surface area contributed by atoms with Gasteiger partial charge in [0.15, 0.2) is 0 Å². The van der Waals surface area contributed by atoms with Crippen molar-refractivity contribution in [3.05, 3.63) is 236 Å². The lowest BCUT2D eigenvalue weighted by atomic mass is 9.87. The molecule has 11 aromatic rings. The van der Waals surface area contributed by atoms with Gasteiger partial charge in [0.05, 0.1) is 0 Å². The minimum atomic E-state index is 1.08. The van der Waals surface area contributed by atoms with Gasteiger partial charge in [0.1, 0.15) is 0 Å². The standard InChI is InChI=1S/C62H42/c1-2-15-44-34-48(29-28-41(44)12-1)47-20-9-23-54(37-47)62-60-33-32-49(45-18-7-21-51(35-45)58-26-10-16-42-13-3-5-24-56(42)58)38-55(60)39-53-31-30-50(40-61(53)62)46-19-8-22-52(36-46)59-27-11-17-43-14-4-6-25-57(43)59/h1-5,7-24,26-40H,6,25H2. The number of fused-ring (bicyclic) bond motifs is 5. The van der Waals surface area contributed by atoms with E-state index in [1.807, 2.05) is 0 Å². The van der Waals surface area contributed by atoms with Crippen LogP contribution < -0.4 is 0 Å². The van der Waals surface area contributed by atoms with Gasteiger partial charge in [-0.25, -0.2) is 0 Å². The van der Waals surface area contributed by atoms with E-state index in [-0.39, 0.29) is 0 Å². The van der Waals surface area contributed by atoms with Crippen molar-refractivity contribution in [3.8, 4) is 66.8 Å². The van der Waals surface area contributed by atoms with Gasteiger partial charge in [0.2, 0.25) is 0 Å². The van der Waals surface area contributed by atoms with Gasteiger partial charge in [-0.15, -0.1) is 0 Å². The smallest absolute Gasteiger partial charge is 0.00264 e. The Labute approximate surface area is 362 Å². The normalized spacial score (nSPS) is 12.3. The Bertz CT molecular complexity index is 3580. The molecule has 0 heterocycles. The van der Waals surface area contributed by atoms with Crippen LogP contribution in [0.5, 0.6) is 0 Å². The molecule has 1 aliphatic carbocycles. The summed E-state index contributed by atoms with van der Waals surface area (Å²) in [6.45, 7) is 0. The monoisotopic (exact) mass is 786 g/mol. The van der Waals surface area contributed by atoms with Crippen LogP contribution in [0.3, 0.4) is 0 Å². The lowest BCUT2D eigenvalue weighted by molar-refractivity contribution is 0.988. The quantitative estimate of drug-likeness (QED) is 0.147. The van der Waals surface area contributed by atoms with Crippen molar-refractivity contribution in [2.75, 3.05) is 0 Å². The summed E-state index contributed by atoms with van der Waals surface area (Å²) in [4.78, 5) is 0. The fourth-order valence-corrected chi connectivity index (χ4v) is 9.97. The zero-order chi connectivity index (χ0) is 41.0. The molecule has 0 bridgehead atoms. The zero-order valence-corrected chi connectivity index (χ0v) is 34.4. The van der Waals surface area contributed by atoms with Crippen LogP contribution >= 0.6 is 0 Å². The average Bonchev–Trinajstić information content (AvgIpc) is 3.35. The highest BCUT2D eigenvalue weighted by atomic mass is 14.2. The molecular weight excluding hydrogens is 745 g/mol. The molecule has 11 aromatic carbocycles. The van der Waals surface area contributed by atoms with E-state index in [1.54, 1.807) is 0 Å². The third-order valence-electron chi connectivity index (χ3n) is 13.1. The second-order valence-electron chi connectivity index (χ2n) is 16.8. The van der Waals surface area contributed by atoms with E-state index < -0.39 is 0 Å². The first-order valence-corrected chi connectivity index (χ1v) is 21.8. The van der Waals surface area contributed by atoms with Crippen LogP contribution in [0.15, 0.2) is 224 Å². The van der Waals surface area contributed by atoms with Crippen LogP contribution in [0, 0.1) is 0 Å². The third kappa shape index (κ3) is 6.40. The highest BCUT2D eigenvalue weighted by molar-refractivity contribution is 6.14. The summed E-state index contributed by atoms with van der Waals surface area (Å²) in [7, 11) is 0. The van der Waals surface area contributed by atoms with Crippen molar-refractivity contribution < 1.29 is 0 Å². The molecule has 0 aromatic heterocycles. The maximum atomic E-state index is 2.43. The molecule has 62 heavy (non-hydrogen) atoms. The number of benzene rings is 11. The SMILES string of the molecule is C1=Cc2cccc(-c3cccc(-c4ccc5cc6cc(-c7cccc(-c8cccc9ccccc89)c7)ccc6c(-c6cccc(-c7ccc8ccccc8c7)c6)c5c4)c3)c2CC1. The largest absolute Gasteiger partial charge is 0.0836 e. The summed E-state index contributed by atoms with van der Waals surface area (Å²) in [5, 5.41) is 10.0. The van der Waals surface area contributed by atoms with Crippen molar-refractivity contribution in [2.24, 2.45) is 0 Å². The predicted molar refractivity (Wildman–Crippen MR) is 266 cm³/mol. The van der Waals surface area contributed by atoms with Crippen LogP contribution in [0.2, 0.25) is 0 Å². The molecular formula is C62H42. The predicted octanol–water partition coefficient (Wildman–Crippen LogP) is 17.3. The van der Waals surface area contributed by atoms with Crippen molar-refractivity contribution in [1.29, 1.82) is 0 Å². The van der Waals surface area contributed by atoms with Crippen LogP contribution in [0.1, 0.15) is 17.5 Å². The maximum Gasteiger partial charge on any atom is -0.00264 e. The van der Waals surface area contributed by atoms with Gasteiger partial charge in [-0.3, -0.25) is 0 Å². The first kappa shape index (κ1) is 36.1.